The SMILES string of the molecule is CCC1CCC(C(=O)CP(=O)(OC)OC)C1. The van der Waals surface area contributed by atoms with Gasteiger partial charge in [0, 0.05) is 20.1 Å². The van der Waals surface area contributed by atoms with E-state index in [4.69, 9.17) is 9.05 Å². The fraction of sp³-hybridized carbons (Fsp3) is 0.909. The molecule has 0 aliphatic heterocycles. The summed E-state index contributed by atoms with van der Waals surface area (Å²) in [6, 6.07) is 0. The van der Waals surface area contributed by atoms with Gasteiger partial charge in [-0.15, -0.1) is 0 Å². The zero-order valence-corrected chi connectivity index (χ0v) is 11.2. The Morgan fingerprint density at radius 2 is 1.94 bits per heavy atom. The van der Waals surface area contributed by atoms with Gasteiger partial charge < -0.3 is 9.05 Å². The van der Waals surface area contributed by atoms with Crippen LogP contribution in [0.15, 0.2) is 0 Å². The van der Waals surface area contributed by atoms with E-state index in [-0.39, 0.29) is 17.9 Å². The van der Waals surface area contributed by atoms with E-state index in [1.807, 2.05) is 0 Å². The summed E-state index contributed by atoms with van der Waals surface area (Å²) in [4.78, 5) is 11.9. The van der Waals surface area contributed by atoms with Gasteiger partial charge >= 0.3 is 7.60 Å². The van der Waals surface area contributed by atoms with E-state index in [1.165, 1.54) is 14.2 Å². The predicted molar refractivity (Wildman–Crippen MR) is 62.6 cm³/mol. The van der Waals surface area contributed by atoms with Crippen LogP contribution in [0, 0.1) is 11.8 Å². The number of carbonyl (C=O) groups is 1. The lowest BCUT2D eigenvalue weighted by Gasteiger charge is -2.15. The van der Waals surface area contributed by atoms with E-state index in [9.17, 15) is 9.36 Å². The maximum absolute atomic E-state index is 11.9. The molecule has 2 atom stereocenters. The van der Waals surface area contributed by atoms with E-state index in [0.29, 0.717) is 5.92 Å². The fourth-order valence-corrected chi connectivity index (χ4v) is 3.31. The van der Waals surface area contributed by atoms with E-state index in [1.54, 1.807) is 0 Å². The van der Waals surface area contributed by atoms with E-state index >= 15 is 0 Å². The second-order valence-corrected chi connectivity index (χ2v) is 6.65. The van der Waals surface area contributed by atoms with Gasteiger partial charge in [-0.25, -0.2) is 0 Å². The number of Topliss-reactive ketones (excluding diaryl/α,β-unsaturated/α-hetero) is 1. The quantitative estimate of drug-likeness (QED) is 0.678. The van der Waals surface area contributed by atoms with Gasteiger partial charge in [-0.3, -0.25) is 9.36 Å². The van der Waals surface area contributed by atoms with Crippen molar-refractivity contribution in [3.8, 4) is 0 Å². The molecule has 1 saturated carbocycles. The molecule has 94 valence electrons. The Labute approximate surface area is 97.2 Å². The molecule has 0 amide bonds. The molecule has 1 aliphatic rings. The van der Waals surface area contributed by atoms with Crippen molar-refractivity contribution in [1.82, 2.24) is 0 Å². The molecular formula is C11H21O4P. The Morgan fingerprint density at radius 1 is 1.31 bits per heavy atom. The average Bonchev–Trinajstić information content (AvgIpc) is 2.77. The Bertz CT molecular complexity index is 282. The van der Waals surface area contributed by atoms with E-state index in [0.717, 1.165) is 25.7 Å². The van der Waals surface area contributed by atoms with Crippen LogP contribution < -0.4 is 0 Å². The molecule has 16 heavy (non-hydrogen) atoms. The third-order valence-corrected chi connectivity index (χ3v) is 5.29. The average molecular weight is 248 g/mol. The second kappa shape index (κ2) is 5.95. The molecule has 0 aromatic carbocycles. The predicted octanol–water partition coefficient (Wildman–Crippen LogP) is 2.87. The number of hydrogen-bond donors (Lipinski definition) is 0. The summed E-state index contributed by atoms with van der Waals surface area (Å²) in [7, 11) is -0.527. The van der Waals surface area contributed by atoms with Crippen molar-refractivity contribution in [2.24, 2.45) is 11.8 Å². The van der Waals surface area contributed by atoms with Gasteiger partial charge in [0.1, 0.15) is 11.9 Å². The third kappa shape index (κ3) is 3.41. The minimum atomic E-state index is -3.17. The van der Waals surface area contributed by atoms with Gasteiger partial charge in [0.05, 0.1) is 0 Å². The van der Waals surface area contributed by atoms with E-state index in [2.05, 4.69) is 6.92 Å². The highest BCUT2D eigenvalue weighted by molar-refractivity contribution is 7.54. The van der Waals surface area contributed by atoms with Crippen LogP contribution in [0.25, 0.3) is 0 Å². The van der Waals surface area contributed by atoms with Crippen molar-refractivity contribution in [3.05, 3.63) is 0 Å². The summed E-state index contributed by atoms with van der Waals surface area (Å²) in [6.07, 6.45) is 4.00. The molecule has 1 fully saturated rings. The first-order valence-corrected chi connectivity index (χ1v) is 7.50. The van der Waals surface area contributed by atoms with Crippen LogP contribution >= 0.6 is 7.60 Å². The molecule has 0 aromatic rings. The molecule has 0 bridgehead atoms. The summed E-state index contributed by atoms with van der Waals surface area (Å²) >= 11 is 0. The molecule has 0 spiro atoms. The number of ketones is 1. The van der Waals surface area contributed by atoms with Crippen LogP contribution in [0.1, 0.15) is 32.6 Å². The zero-order chi connectivity index (χ0) is 12.2. The summed E-state index contributed by atoms with van der Waals surface area (Å²) in [6.45, 7) is 2.15. The van der Waals surface area contributed by atoms with Crippen molar-refractivity contribution in [2.45, 2.75) is 32.6 Å². The van der Waals surface area contributed by atoms with Gasteiger partial charge in [-0.1, -0.05) is 13.3 Å². The topological polar surface area (TPSA) is 52.6 Å². The monoisotopic (exact) mass is 248 g/mol. The number of carbonyl (C=O) groups excluding carboxylic acids is 1. The molecular weight excluding hydrogens is 227 g/mol. The molecule has 1 rings (SSSR count). The highest BCUT2D eigenvalue weighted by Gasteiger charge is 2.34. The lowest BCUT2D eigenvalue weighted by Crippen LogP contribution is -2.17. The van der Waals surface area contributed by atoms with Crippen LogP contribution in [0.3, 0.4) is 0 Å². The molecule has 5 heteroatoms. The lowest BCUT2D eigenvalue weighted by atomic mass is 10.0. The number of rotatable bonds is 6. The first kappa shape index (κ1) is 13.9. The first-order valence-electron chi connectivity index (χ1n) is 5.78. The molecule has 0 heterocycles. The molecule has 0 radical (unpaired) electrons. The van der Waals surface area contributed by atoms with Gasteiger partial charge in [0.25, 0.3) is 0 Å². The molecule has 0 aromatic heterocycles. The molecule has 4 nitrogen and oxygen atoms in total. The van der Waals surface area contributed by atoms with Crippen LogP contribution in [0.2, 0.25) is 0 Å². The van der Waals surface area contributed by atoms with Crippen molar-refractivity contribution < 1.29 is 18.4 Å². The fourth-order valence-electron chi connectivity index (χ4n) is 2.26. The van der Waals surface area contributed by atoms with Crippen molar-refractivity contribution in [2.75, 3.05) is 20.4 Å². The molecule has 0 N–H and O–H groups in total. The van der Waals surface area contributed by atoms with Crippen molar-refractivity contribution in [3.63, 3.8) is 0 Å². The minimum Gasteiger partial charge on any atom is -0.312 e. The van der Waals surface area contributed by atoms with Gasteiger partial charge in [0.2, 0.25) is 0 Å². The van der Waals surface area contributed by atoms with E-state index < -0.39 is 7.60 Å². The molecule has 1 aliphatic carbocycles. The third-order valence-electron chi connectivity index (χ3n) is 3.48. The largest absolute Gasteiger partial charge is 0.337 e. The molecule has 0 saturated heterocycles. The zero-order valence-electron chi connectivity index (χ0n) is 10.3. The Balaban J connectivity index is 2.50. The first-order chi connectivity index (χ1) is 7.54. The highest BCUT2D eigenvalue weighted by atomic mass is 31.2. The van der Waals surface area contributed by atoms with Crippen LogP contribution in [0.5, 0.6) is 0 Å². The normalized spacial score (nSPS) is 25.9. The van der Waals surface area contributed by atoms with Crippen molar-refractivity contribution in [1.29, 1.82) is 0 Å². The maximum atomic E-state index is 11.9. The Morgan fingerprint density at radius 3 is 2.38 bits per heavy atom. The van der Waals surface area contributed by atoms with Crippen LogP contribution in [-0.4, -0.2) is 26.2 Å². The smallest absolute Gasteiger partial charge is 0.312 e. The van der Waals surface area contributed by atoms with Crippen LogP contribution in [0.4, 0.5) is 0 Å². The lowest BCUT2D eigenvalue weighted by molar-refractivity contribution is -0.120. The summed E-state index contributed by atoms with van der Waals surface area (Å²) < 4.78 is 21.4. The number of hydrogen-bond acceptors (Lipinski definition) is 4. The summed E-state index contributed by atoms with van der Waals surface area (Å²) in [5.74, 6) is 0.741. The molecule has 2 unspecified atom stereocenters. The minimum absolute atomic E-state index is 0.0305. The summed E-state index contributed by atoms with van der Waals surface area (Å²) in [5, 5.41) is 0. The second-order valence-electron chi connectivity index (χ2n) is 4.38. The van der Waals surface area contributed by atoms with Crippen molar-refractivity contribution >= 4 is 13.4 Å². The maximum Gasteiger partial charge on any atom is 0.337 e. The van der Waals surface area contributed by atoms with Gasteiger partial charge in [-0.2, -0.15) is 0 Å². The van der Waals surface area contributed by atoms with Gasteiger partial charge in [0.15, 0.2) is 0 Å². The standard InChI is InChI=1S/C11H21O4P/c1-4-9-5-6-10(7-9)11(12)8-16(13,14-2)15-3/h9-10H,4-8H2,1-3H3. The summed E-state index contributed by atoms with van der Waals surface area (Å²) in [5.41, 5.74) is 0. The Hall–Kier alpha value is -0.180. The van der Waals surface area contributed by atoms with Crippen LogP contribution in [-0.2, 0) is 18.4 Å². The highest BCUT2D eigenvalue weighted by Crippen LogP contribution is 2.47. The van der Waals surface area contributed by atoms with Gasteiger partial charge in [-0.05, 0) is 25.2 Å². The Kier molecular flexibility index (Phi) is 5.16.